The molecule has 0 spiro atoms. The molecule has 2 aromatic rings. The number of para-hydroxylation sites is 2. The quantitative estimate of drug-likeness (QED) is 0.542. The molecule has 2 heteroatoms. The van der Waals surface area contributed by atoms with E-state index in [-0.39, 0.29) is 0 Å². The van der Waals surface area contributed by atoms with E-state index in [0.717, 1.165) is 29.3 Å². The molecule has 0 aromatic heterocycles. The van der Waals surface area contributed by atoms with Crippen LogP contribution in [-0.4, -0.2) is 0 Å². The van der Waals surface area contributed by atoms with E-state index < -0.39 is 0 Å². The van der Waals surface area contributed by atoms with Crippen molar-refractivity contribution < 1.29 is 4.74 Å². The maximum absolute atomic E-state index is 6.01. The minimum Gasteiger partial charge on any atom is -0.453 e. The van der Waals surface area contributed by atoms with Gasteiger partial charge in [0.15, 0.2) is 11.5 Å². The van der Waals surface area contributed by atoms with Crippen LogP contribution in [0.2, 0.25) is 0 Å². The van der Waals surface area contributed by atoms with Gasteiger partial charge < -0.3 is 4.74 Å². The van der Waals surface area contributed by atoms with Crippen molar-refractivity contribution in [2.45, 2.75) is 46.0 Å². The first-order valence-corrected chi connectivity index (χ1v) is 7.90. The second kappa shape index (κ2) is 6.21. The lowest BCUT2D eigenvalue weighted by molar-refractivity contribution is 0.470. The second-order valence-corrected chi connectivity index (χ2v) is 5.70. The SMILES string of the molecule is CCCCCCc1c(C)ccc2c1[N]c1ccccc1O2. The highest BCUT2D eigenvalue weighted by atomic mass is 16.5. The molecular formula is C19H22NO. The molecule has 0 saturated heterocycles. The van der Waals surface area contributed by atoms with Crippen LogP contribution in [0, 0.1) is 6.92 Å². The third-order valence-electron chi connectivity index (χ3n) is 4.08. The van der Waals surface area contributed by atoms with Gasteiger partial charge in [0.25, 0.3) is 0 Å². The number of benzene rings is 2. The average molecular weight is 280 g/mol. The number of nitrogens with zero attached hydrogens (tertiary/aromatic N) is 1. The van der Waals surface area contributed by atoms with Crippen molar-refractivity contribution in [3.8, 4) is 11.5 Å². The Labute approximate surface area is 127 Å². The Morgan fingerprint density at radius 2 is 1.81 bits per heavy atom. The van der Waals surface area contributed by atoms with Crippen LogP contribution in [0.4, 0.5) is 11.4 Å². The molecule has 0 fully saturated rings. The van der Waals surface area contributed by atoms with E-state index in [1.807, 2.05) is 30.3 Å². The van der Waals surface area contributed by atoms with E-state index >= 15 is 0 Å². The number of unbranched alkanes of at least 4 members (excludes halogenated alkanes) is 3. The summed E-state index contributed by atoms with van der Waals surface area (Å²) >= 11 is 0. The second-order valence-electron chi connectivity index (χ2n) is 5.70. The molecule has 1 aliphatic rings. The van der Waals surface area contributed by atoms with Crippen LogP contribution in [0.25, 0.3) is 0 Å². The van der Waals surface area contributed by atoms with Gasteiger partial charge in [-0.15, -0.1) is 0 Å². The first kappa shape index (κ1) is 14.0. The van der Waals surface area contributed by atoms with Crippen molar-refractivity contribution in [3.63, 3.8) is 0 Å². The van der Waals surface area contributed by atoms with E-state index in [1.54, 1.807) is 0 Å². The number of hydrogen-bond acceptors (Lipinski definition) is 1. The summed E-state index contributed by atoms with van der Waals surface area (Å²) in [6.45, 7) is 4.42. The van der Waals surface area contributed by atoms with Crippen LogP contribution in [-0.2, 0) is 6.42 Å². The summed E-state index contributed by atoms with van der Waals surface area (Å²) in [4.78, 5) is 0. The maximum Gasteiger partial charge on any atom is 0.153 e. The standard InChI is InChI=1S/C19H22NO/c1-3-4-5-6-9-15-14(2)12-13-18-19(15)20-16-10-7-8-11-17(16)21-18/h7-8,10-13H,3-6,9H2,1-2H3. The summed E-state index contributed by atoms with van der Waals surface area (Å²) in [6, 6.07) is 12.2. The summed E-state index contributed by atoms with van der Waals surface area (Å²) < 4.78 is 6.01. The smallest absolute Gasteiger partial charge is 0.153 e. The molecule has 1 radical (unpaired) electrons. The molecule has 1 heterocycles. The highest BCUT2D eigenvalue weighted by Gasteiger charge is 2.21. The highest BCUT2D eigenvalue weighted by molar-refractivity contribution is 5.71. The summed E-state index contributed by atoms with van der Waals surface area (Å²) in [6.07, 6.45) is 6.18. The number of ether oxygens (including phenoxy) is 1. The summed E-state index contributed by atoms with van der Waals surface area (Å²) in [5, 5.41) is 4.84. The number of hydrogen-bond donors (Lipinski definition) is 0. The summed E-state index contributed by atoms with van der Waals surface area (Å²) in [5.74, 6) is 1.75. The minimum atomic E-state index is 0.853. The Balaban J connectivity index is 1.86. The molecule has 0 aliphatic carbocycles. The van der Waals surface area contributed by atoms with Gasteiger partial charge in [-0.25, -0.2) is 5.32 Å². The molecule has 0 bridgehead atoms. The Hall–Kier alpha value is -1.96. The molecule has 0 atom stereocenters. The van der Waals surface area contributed by atoms with Crippen LogP contribution >= 0.6 is 0 Å². The molecule has 1 aliphatic heterocycles. The first-order chi connectivity index (χ1) is 10.3. The molecule has 0 unspecified atom stereocenters. The molecule has 0 N–H and O–H groups in total. The van der Waals surface area contributed by atoms with E-state index in [4.69, 9.17) is 10.1 Å². The van der Waals surface area contributed by atoms with Crippen LogP contribution < -0.4 is 10.1 Å². The van der Waals surface area contributed by atoms with Gasteiger partial charge in [0, 0.05) is 0 Å². The van der Waals surface area contributed by atoms with E-state index in [1.165, 1.54) is 36.8 Å². The molecule has 2 nitrogen and oxygen atoms in total. The molecular weight excluding hydrogens is 258 g/mol. The number of fused-ring (bicyclic) bond motifs is 2. The van der Waals surface area contributed by atoms with Crippen LogP contribution in [0.1, 0.15) is 43.7 Å². The monoisotopic (exact) mass is 280 g/mol. The number of rotatable bonds is 5. The van der Waals surface area contributed by atoms with Crippen molar-refractivity contribution in [2.75, 3.05) is 0 Å². The van der Waals surface area contributed by atoms with Gasteiger partial charge in [0.05, 0.1) is 0 Å². The topological polar surface area (TPSA) is 23.3 Å². The van der Waals surface area contributed by atoms with Gasteiger partial charge >= 0.3 is 0 Å². The predicted molar refractivity (Wildman–Crippen MR) is 87.0 cm³/mol. The Morgan fingerprint density at radius 1 is 0.952 bits per heavy atom. The fourth-order valence-corrected chi connectivity index (χ4v) is 2.84. The fraction of sp³-hybridized carbons (Fsp3) is 0.368. The highest BCUT2D eigenvalue weighted by Crippen LogP contribution is 2.44. The van der Waals surface area contributed by atoms with Gasteiger partial charge in [-0.3, -0.25) is 0 Å². The normalized spacial score (nSPS) is 12.1. The van der Waals surface area contributed by atoms with Crippen molar-refractivity contribution >= 4 is 11.4 Å². The molecule has 3 rings (SSSR count). The number of aryl methyl sites for hydroxylation is 1. The zero-order valence-electron chi connectivity index (χ0n) is 12.9. The van der Waals surface area contributed by atoms with Crippen LogP contribution in [0.15, 0.2) is 36.4 Å². The fourth-order valence-electron chi connectivity index (χ4n) is 2.84. The largest absolute Gasteiger partial charge is 0.453 e. The minimum absolute atomic E-state index is 0.853. The summed E-state index contributed by atoms with van der Waals surface area (Å²) in [5.41, 5.74) is 4.63. The van der Waals surface area contributed by atoms with Crippen LogP contribution in [0.5, 0.6) is 11.5 Å². The maximum atomic E-state index is 6.01. The van der Waals surface area contributed by atoms with E-state index in [9.17, 15) is 0 Å². The van der Waals surface area contributed by atoms with Crippen molar-refractivity contribution in [2.24, 2.45) is 0 Å². The lowest BCUT2D eigenvalue weighted by Gasteiger charge is -2.23. The van der Waals surface area contributed by atoms with E-state index in [0.29, 0.717) is 0 Å². The molecule has 0 saturated carbocycles. The van der Waals surface area contributed by atoms with Gasteiger partial charge in [0.2, 0.25) is 0 Å². The Morgan fingerprint density at radius 3 is 2.67 bits per heavy atom. The third-order valence-corrected chi connectivity index (χ3v) is 4.08. The van der Waals surface area contributed by atoms with Crippen molar-refractivity contribution in [3.05, 3.63) is 47.5 Å². The lowest BCUT2D eigenvalue weighted by Crippen LogP contribution is -2.06. The zero-order valence-corrected chi connectivity index (χ0v) is 12.9. The molecule has 2 aromatic carbocycles. The van der Waals surface area contributed by atoms with Gasteiger partial charge in [0.1, 0.15) is 11.4 Å². The van der Waals surface area contributed by atoms with Crippen LogP contribution in [0.3, 0.4) is 0 Å². The van der Waals surface area contributed by atoms with E-state index in [2.05, 4.69) is 19.9 Å². The summed E-state index contributed by atoms with van der Waals surface area (Å²) in [7, 11) is 0. The van der Waals surface area contributed by atoms with Gasteiger partial charge in [-0.1, -0.05) is 44.4 Å². The first-order valence-electron chi connectivity index (χ1n) is 7.90. The van der Waals surface area contributed by atoms with Gasteiger partial charge in [-0.05, 0) is 49.1 Å². The van der Waals surface area contributed by atoms with Crippen molar-refractivity contribution in [1.82, 2.24) is 5.32 Å². The molecule has 0 amide bonds. The third kappa shape index (κ3) is 2.90. The lowest BCUT2D eigenvalue weighted by atomic mass is 9.98. The average Bonchev–Trinajstić information content (AvgIpc) is 2.51. The zero-order chi connectivity index (χ0) is 14.7. The van der Waals surface area contributed by atoms with Crippen molar-refractivity contribution in [1.29, 1.82) is 0 Å². The molecule has 109 valence electrons. The predicted octanol–water partition coefficient (Wildman–Crippen LogP) is 5.79. The molecule has 21 heavy (non-hydrogen) atoms. The Bertz CT molecular complexity index is 633. The van der Waals surface area contributed by atoms with Gasteiger partial charge in [-0.2, -0.15) is 0 Å². The Kier molecular flexibility index (Phi) is 4.14.